The predicted octanol–water partition coefficient (Wildman–Crippen LogP) is 0.540. The number of carbonyl (C=O) groups excluding carboxylic acids is 2. The maximum absolute atomic E-state index is 11.9. The Labute approximate surface area is 102 Å². The van der Waals surface area contributed by atoms with E-state index in [0.29, 0.717) is 26.0 Å². The van der Waals surface area contributed by atoms with Crippen LogP contribution in [0.4, 0.5) is 0 Å². The molecule has 1 aliphatic heterocycles. The molecule has 0 aromatic heterocycles. The van der Waals surface area contributed by atoms with Crippen molar-refractivity contribution in [2.24, 2.45) is 0 Å². The van der Waals surface area contributed by atoms with E-state index in [2.05, 4.69) is 5.32 Å². The summed E-state index contributed by atoms with van der Waals surface area (Å²) in [4.78, 5) is 24.9. The van der Waals surface area contributed by atoms with Crippen molar-refractivity contribution in [2.45, 2.75) is 38.6 Å². The molecule has 0 saturated carbocycles. The van der Waals surface area contributed by atoms with Gasteiger partial charge in [-0.25, -0.2) is 0 Å². The summed E-state index contributed by atoms with van der Waals surface area (Å²) in [5.74, 6) is -0.0234. The minimum atomic E-state index is -0.179. The molecule has 17 heavy (non-hydrogen) atoms. The molecule has 0 bridgehead atoms. The lowest BCUT2D eigenvalue weighted by molar-refractivity contribution is -0.144. The van der Waals surface area contributed by atoms with Crippen molar-refractivity contribution in [3.8, 4) is 0 Å². The standard InChI is InChI=1S/C12H22N2O3/c1-3-17-11(15)7-5-9-14-8-4-6-10(13-2)12(14)16/h10,13H,3-9H2,1-2H3. The van der Waals surface area contributed by atoms with E-state index >= 15 is 0 Å². The monoisotopic (exact) mass is 242 g/mol. The number of carbonyl (C=O) groups is 2. The number of amides is 1. The second-order valence-electron chi connectivity index (χ2n) is 4.22. The number of likely N-dealkylation sites (N-methyl/N-ethyl adjacent to an activating group) is 1. The number of piperidine rings is 1. The van der Waals surface area contributed by atoms with E-state index in [1.807, 2.05) is 11.9 Å². The van der Waals surface area contributed by atoms with Gasteiger partial charge in [0, 0.05) is 19.5 Å². The molecule has 1 saturated heterocycles. The first-order valence-corrected chi connectivity index (χ1v) is 6.30. The molecule has 1 heterocycles. The third kappa shape index (κ3) is 4.34. The van der Waals surface area contributed by atoms with Crippen LogP contribution in [-0.4, -0.2) is 49.6 Å². The molecule has 5 heteroatoms. The Hall–Kier alpha value is -1.10. The lowest BCUT2D eigenvalue weighted by atomic mass is 10.0. The third-order valence-corrected chi connectivity index (χ3v) is 2.99. The zero-order valence-corrected chi connectivity index (χ0v) is 10.7. The molecule has 0 aliphatic carbocycles. The van der Waals surface area contributed by atoms with Gasteiger partial charge in [-0.05, 0) is 33.2 Å². The normalized spacial score (nSPS) is 20.5. The van der Waals surface area contributed by atoms with Crippen molar-refractivity contribution in [3.05, 3.63) is 0 Å². The smallest absolute Gasteiger partial charge is 0.305 e. The Balaban J connectivity index is 2.26. The second-order valence-corrected chi connectivity index (χ2v) is 4.22. The summed E-state index contributed by atoms with van der Waals surface area (Å²) < 4.78 is 4.85. The van der Waals surface area contributed by atoms with Gasteiger partial charge in [0.1, 0.15) is 0 Å². The van der Waals surface area contributed by atoms with Gasteiger partial charge in [-0.15, -0.1) is 0 Å². The summed E-state index contributed by atoms with van der Waals surface area (Å²) in [7, 11) is 1.81. The summed E-state index contributed by atoms with van der Waals surface area (Å²) in [6.45, 7) is 3.67. The Kier molecular flexibility index (Phi) is 5.97. The first kappa shape index (κ1) is 14.0. The van der Waals surface area contributed by atoms with E-state index in [1.165, 1.54) is 0 Å². The van der Waals surface area contributed by atoms with E-state index in [9.17, 15) is 9.59 Å². The van der Waals surface area contributed by atoms with Crippen molar-refractivity contribution in [3.63, 3.8) is 0 Å². The lowest BCUT2D eigenvalue weighted by Crippen LogP contribution is -2.49. The number of likely N-dealkylation sites (tertiary alicyclic amines) is 1. The molecule has 0 aromatic rings. The van der Waals surface area contributed by atoms with Crippen LogP contribution in [0.15, 0.2) is 0 Å². The van der Waals surface area contributed by atoms with Gasteiger partial charge >= 0.3 is 5.97 Å². The number of ether oxygens (including phenoxy) is 1. The molecule has 1 amide bonds. The molecule has 1 atom stereocenters. The molecule has 1 aliphatic rings. The van der Waals surface area contributed by atoms with Crippen molar-refractivity contribution < 1.29 is 14.3 Å². The molecule has 5 nitrogen and oxygen atoms in total. The minimum absolute atomic E-state index is 0.0497. The van der Waals surface area contributed by atoms with Crippen LogP contribution in [0.5, 0.6) is 0 Å². The average molecular weight is 242 g/mol. The topological polar surface area (TPSA) is 58.6 Å². The van der Waals surface area contributed by atoms with Crippen LogP contribution in [-0.2, 0) is 14.3 Å². The van der Waals surface area contributed by atoms with Gasteiger partial charge in [0.15, 0.2) is 0 Å². The molecule has 0 aromatic carbocycles. The fraction of sp³-hybridized carbons (Fsp3) is 0.833. The van der Waals surface area contributed by atoms with E-state index in [4.69, 9.17) is 4.74 Å². The fourth-order valence-corrected chi connectivity index (χ4v) is 2.08. The van der Waals surface area contributed by atoms with Crippen LogP contribution in [0.1, 0.15) is 32.6 Å². The van der Waals surface area contributed by atoms with Gasteiger partial charge in [-0.3, -0.25) is 9.59 Å². The van der Waals surface area contributed by atoms with Gasteiger partial charge < -0.3 is 15.0 Å². The van der Waals surface area contributed by atoms with Crippen molar-refractivity contribution in [1.82, 2.24) is 10.2 Å². The highest BCUT2D eigenvalue weighted by molar-refractivity contribution is 5.82. The molecule has 1 rings (SSSR count). The highest BCUT2D eigenvalue weighted by atomic mass is 16.5. The summed E-state index contributed by atoms with van der Waals surface area (Å²) in [5, 5.41) is 3.02. The number of esters is 1. The number of hydrogen-bond donors (Lipinski definition) is 1. The van der Waals surface area contributed by atoms with Gasteiger partial charge in [0.2, 0.25) is 5.91 Å². The molecule has 1 fully saturated rings. The summed E-state index contributed by atoms with van der Waals surface area (Å²) >= 11 is 0. The predicted molar refractivity (Wildman–Crippen MR) is 64.5 cm³/mol. The molecule has 0 spiro atoms. The van der Waals surface area contributed by atoms with Crippen LogP contribution in [0, 0.1) is 0 Å². The Morgan fingerprint density at radius 3 is 3.00 bits per heavy atom. The summed E-state index contributed by atoms with van der Waals surface area (Å²) in [6, 6.07) is -0.0497. The molecular weight excluding hydrogens is 220 g/mol. The number of nitrogens with zero attached hydrogens (tertiary/aromatic N) is 1. The zero-order chi connectivity index (χ0) is 12.7. The van der Waals surface area contributed by atoms with Crippen molar-refractivity contribution >= 4 is 11.9 Å². The maximum atomic E-state index is 11.9. The number of hydrogen-bond acceptors (Lipinski definition) is 4. The van der Waals surface area contributed by atoms with Crippen LogP contribution >= 0.6 is 0 Å². The van der Waals surface area contributed by atoms with Crippen LogP contribution in [0.2, 0.25) is 0 Å². The average Bonchev–Trinajstić information content (AvgIpc) is 2.32. The van der Waals surface area contributed by atoms with Crippen LogP contribution in [0.3, 0.4) is 0 Å². The Morgan fingerprint density at radius 1 is 1.59 bits per heavy atom. The van der Waals surface area contributed by atoms with Crippen LogP contribution in [0.25, 0.3) is 0 Å². The molecule has 1 unspecified atom stereocenters. The molecule has 1 N–H and O–H groups in total. The molecule has 0 radical (unpaired) electrons. The zero-order valence-electron chi connectivity index (χ0n) is 10.7. The van der Waals surface area contributed by atoms with Crippen molar-refractivity contribution in [1.29, 1.82) is 0 Å². The number of rotatable bonds is 6. The summed E-state index contributed by atoms with van der Waals surface area (Å²) in [6.07, 6.45) is 3.00. The fourth-order valence-electron chi connectivity index (χ4n) is 2.08. The first-order chi connectivity index (χ1) is 8.19. The summed E-state index contributed by atoms with van der Waals surface area (Å²) in [5.41, 5.74) is 0. The maximum Gasteiger partial charge on any atom is 0.305 e. The van der Waals surface area contributed by atoms with Crippen molar-refractivity contribution in [2.75, 3.05) is 26.7 Å². The van der Waals surface area contributed by atoms with E-state index in [0.717, 1.165) is 19.4 Å². The Morgan fingerprint density at radius 2 is 2.35 bits per heavy atom. The molecular formula is C12H22N2O3. The van der Waals surface area contributed by atoms with Gasteiger partial charge in [-0.1, -0.05) is 0 Å². The minimum Gasteiger partial charge on any atom is -0.466 e. The van der Waals surface area contributed by atoms with E-state index in [1.54, 1.807) is 6.92 Å². The second kappa shape index (κ2) is 7.27. The van der Waals surface area contributed by atoms with Gasteiger partial charge in [0.25, 0.3) is 0 Å². The van der Waals surface area contributed by atoms with E-state index in [-0.39, 0.29) is 17.9 Å². The highest BCUT2D eigenvalue weighted by Crippen LogP contribution is 2.12. The largest absolute Gasteiger partial charge is 0.466 e. The third-order valence-electron chi connectivity index (χ3n) is 2.99. The SMILES string of the molecule is CCOC(=O)CCCN1CCCC(NC)C1=O. The first-order valence-electron chi connectivity index (χ1n) is 6.30. The quantitative estimate of drug-likeness (QED) is 0.691. The highest BCUT2D eigenvalue weighted by Gasteiger charge is 2.26. The van der Waals surface area contributed by atoms with E-state index < -0.39 is 0 Å². The molecule has 98 valence electrons. The number of nitrogens with one attached hydrogen (secondary N) is 1. The van der Waals surface area contributed by atoms with Gasteiger partial charge in [0.05, 0.1) is 12.6 Å². The Bertz CT molecular complexity index is 268. The lowest BCUT2D eigenvalue weighted by Gasteiger charge is -2.32. The van der Waals surface area contributed by atoms with Gasteiger partial charge in [-0.2, -0.15) is 0 Å². The van der Waals surface area contributed by atoms with Crippen LogP contribution < -0.4 is 5.32 Å².